The Kier molecular flexibility index (Phi) is 6.60. The smallest absolute Gasteiger partial charge is 0.214 e. The minimum Gasteiger partial charge on any atom is -0.317 e. The lowest BCUT2D eigenvalue weighted by Gasteiger charge is -2.37. The molecular weight excluding hydrogens is 248 g/mol. The fourth-order valence-electron chi connectivity index (χ4n) is 2.76. The third-order valence-corrected chi connectivity index (χ3v) is 5.86. The molecule has 0 aliphatic carbocycles. The van der Waals surface area contributed by atoms with Gasteiger partial charge in [0, 0.05) is 12.1 Å². The molecule has 4 nitrogen and oxygen atoms in total. The third kappa shape index (κ3) is 4.52. The van der Waals surface area contributed by atoms with Crippen LogP contribution in [0, 0.1) is 0 Å². The van der Waals surface area contributed by atoms with Gasteiger partial charge in [-0.2, -0.15) is 4.31 Å². The molecular formula is C13H28N2O2S. The molecule has 0 aromatic heterocycles. The Morgan fingerprint density at radius 3 is 2.33 bits per heavy atom. The Labute approximate surface area is 112 Å². The van der Waals surface area contributed by atoms with Crippen molar-refractivity contribution >= 4 is 10.0 Å². The fraction of sp³-hybridized carbons (Fsp3) is 1.00. The molecule has 1 aliphatic rings. The molecule has 1 aliphatic heterocycles. The first-order valence-corrected chi connectivity index (χ1v) is 8.82. The number of nitrogens with zero attached hydrogens (tertiary/aromatic N) is 1. The second-order valence-electron chi connectivity index (χ2n) is 5.34. The van der Waals surface area contributed by atoms with E-state index >= 15 is 0 Å². The summed E-state index contributed by atoms with van der Waals surface area (Å²) in [5, 5.41) is 3.22. The van der Waals surface area contributed by atoms with Gasteiger partial charge in [0.1, 0.15) is 0 Å². The van der Waals surface area contributed by atoms with Crippen molar-refractivity contribution in [3.63, 3.8) is 0 Å². The van der Waals surface area contributed by atoms with Gasteiger partial charge in [-0.05, 0) is 52.6 Å². The van der Waals surface area contributed by atoms with Crippen LogP contribution in [-0.2, 0) is 10.0 Å². The van der Waals surface area contributed by atoms with Crippen LogP contribution < -0.4 is 5.32 Å². The van der Waals surface area contributed by atoms with E-state index in [9.17, 15) is 8.42 Å². The number of hydrogen-bond acceptors (Lipinski definition) is 3. The molecule has 1 N–H and O–H groups in total. The first-order chi connectivity index (χ1) is 8.49. The highest BCUT2D eigenvalue weighted by atomic mass is 32.2. The van der Waals surface area contributed by atoms with Crippen molar-refractivity contribution in [1.29, 1.82) is 0 Å². The largest absolute Gasteiger partial charge is 0.317 e. The molecule has 1 rings (SSSR count). The molecule has 108 valence electrons. The van der Waals surface area contributed by atoms with Crippen LogP contribution in [0.25, 0.3) is 0 Å². The zero-order valence-electron chi connectivity index (χ0n) is 12.0. The van der Waals surface area contributed by atoms with Crippen molar-refractivity contribution in [3.05, 3.63) is 0 Å². The van der Waals surface area contributed by atoms with E-state index in [0.717, 1.165) is 45.2 Å². The quantitative estimate of drug-likeness (QED) is 0.723. The minimum atomic E-state index is -3.06. The Hall–Kier alpha value is -0.130. The molecule has 2 unspecified atom stereocenters. The number of sulfonamides is 1. The van der Waals surface area contributed by atoms with E-state index in [0.29, 0.717) is 5.75 Å². The number of rotatable bonds is 7. The molecule has 0 saturated carbocycles. The van der Waals surface area contributed by atoms with E-state index < -0.39 is 10.0 Å². The molecule has 0 spiro atoms. The van der Waals surface area contributed by atoms with E-state index in [1.807, 2.05) is 13.8 Å². The standard InChI is InChI=1S/C13H28N2O2S/c1-4-14-10-5-6-11-18(16,17)15-12(2)8-7-9-13(15)3/h12-14H,4-11H2,1-3H3. The van der Waals surface area contributed by atoms with Crippen LogP contribution in [-0.4, -0.2) is 43.6 Å². The lowest BCUT2D eigenvalue weighted by atomic mass is 10.0. The molecule has 0 bridgehead atoms. The van der Waals surface area contributed by atoms with Gasteiger partial charge in [-0.15, -0.1) is 0 Å². The van der Waals surface area contributed by atoms with Crippen molar-refractivity contribution < 1.29 is 8.42 Å². The van der Waals surface area contributed by atoms with Crippen molar-refractivity contribution in [3.8, 4) is 0 Å². The lowest BCUT2D eigenvalue weighted by Crippen LogP contribution is -2.48. The van der Waals surface area contributed by atoms with Gasteiger partial charge in [-0.25, -0.2) is 8.42 Å². The predicted octanol–water partition coefficient (Wildman–Crippen LogP) is 1.97. The predicted molar refractivity (Wildman–Crippen MR) is 76.2 cm³/mol. The summed E-state index contributed by atoms with van der Waals surface area (Å²) in [5.74, 6) is 0.299. The Bertz CT molecular complexity index is 320. The van der Waals surface area contributed by atoms with Crippen LogP contribution in [0.1, 0.15) is 52.9 Å². The molecule has 0 radical (unpaired) electrons. The van der Waals surface area contributed by atoms with Crippen LogP contribution in [0.3, 0.4) is 0 Å². The first-order valence-electron chi connectivity index (χ1n) is 7.21. The van der Waals surface area contributed by atoms with Gasteiger partial charge in [0.05, 0.1) is 5.75 Å². The monoisotopic (exact) mass is 276 g/mol. The molecule has 0 aromatic carbocycles. The number of piperidine rings is 1. The molecule has 1 heterocycles. The highest BCUT2D eigenvalue weighted by Gasteiger charge is 2.33. The summed E-state index contributed by atoms with van der Waals surface area (Å²) in [6.45, 7) is 8.00. The van der Waals surface area contributed by atoms with Gasteiger partial charge in [-0.1, -0.05) is 13.3 Å². The molecule has 0 amide bonds. The molecule has 1 saturated heterocycles. The number of hydrogen-bond donors (Lipinski definition) is 1. The Morgan fingerprint density at radius 1 is 1.17 bits per heavy atom. The molecule has 2 atom stereocenters. The van der Waals surface area contributed by atoms with E-state index in [-0.39, 0.29) is 12.1 Å². The van der Waals surface area contributed by atoms with Crippen molar-refractivity contribution in [1.82, 2.24) is 9.62 Å². The normalized spacial score (nSPS) is 26.4. The van der Waals surface area contributed by atoms with Gasteiger partial charge < -0.3 is 5.32 Å². The summed E-state index contributed by atoms with van der Waals surface area (Å²) in [6.07, 6.45) is 4.84. The van der Waals surface area contributed by atoms with Crippen LogP contribution in [0.2, 0.25) is 0 Å². The Balaban J connectivity index is 2.46. The summed E-state index contributed by atoms with van der Waals surface area (Å²) in [4.78, 5) is 0. The van der Waals surface area contributed by atoms with Crippen LogP contribution in [0.5, 0.6) is 0 Å². The SMILES string of the molecule is CCNCCCCS(=O)(=O)N1C(C)CCCC1C. The second kappa shape index (κ2) is 7.46. The zero-order valence-corrected chi connectivity index (χ0v) is 12.8. The van der Waals surface area contributed by atoms with E-state index in [1.54, 1.807) is 4.31 Å². The van der Waals surface area contributed by atoms with Gasteiger partial charge in [0.25, 0.3) is 0 Å². The summed E-state index contributed by atoms with van der Waals surface area (Å²) in [6, 6.07) is 0.347. The topological polar surface area (TPSA) is 49.4 Å². The highest BCUT2D eigenvalue weighted by molar-refractivity contribution is 7.89. The molecule has 18 heavy (non-hydrogen) atoms. The third-order valence-electron chi connectivity index (χ3n) is 3.69. The van der Waals surface area contributed by atoms with Crippen molar-refractivity contribution in [2.24, 2.45) is 0 Å². The minimum absolute atomic E-state index is 0.174. The van der Waals surface area contributed by atoms with Gasteiger partial charge >= 0.3 is 0 Å². The molecule has 1 fully saturated rings. The summed E-state index contributed by atoms with van der Waals surface area (Å²) in [7, 11) is -3.06. The maximum absolute atomic E-state index is 12.3. The second-order valence-corrected chi connectivity index (χ2v) is 7.33. The van der Waals surface area contributed by atoms with E-state index in [2.05, 4.69) is 12.2 Å². The fourth-order valence-corrected chi connectivity index (χ4v) is 4.85. The average Bonchev–Trinajstić information content (AvgIpc) is 2.28. The van der Waals surface area contributed by atoms with Crippen molar-refractivity contribution in [2.75, 3.05) is 18.8 Å². The number of nitrogens with one attached hydrogen (secondary N) is 1. The highest BCUT2D eigenvalue weighted by Crippen LogP contribution is 2.26. The zero-order chi connectivity index (χ0) is 13.6. The maximum Gasteiger partial charge on any atom is 0.214 e. The van der Waals surface area contributed by atoms with E-state index in [1.165, 1.54) is 0 Å². The van der Waals surface area contributed by atoms with E-state index in [4.69, 9.17) is 0 Å². The first kappa shape index (κ1) is 15.9. The summed E-state index contributed by atoms with van der Waals surface area (Å²) < 4.78 is 26.4. The summed E-state index contributed by atoms with van der Waals surface area (Å²) in [5.41, 5.74) is 0. The molecule has 5 heteroatoms. The van der Waals surface area contributed by atoms with Gasteiger partial charge in [0.2, 0.25) is 10.0 Å². The molecule has 0 aromatic rings. The van der Waals surface area contributed by atoms with Crippen molar-refractivity contribution in [2.45, 2.75) is 65.0 Å². The lowest BCUT2D eigenvalue weighted by molar-refractivity contribution is 0.204. The average molecular weight is 276 g/mol. The maximum atomic E-state index is 12.3. The van der Waals surface area contributed by atoms with Crippen LogP contribution >= 0.6 is 0 Å². The van der Waals surface area contributed by atoms with Gasteiger partial charge in [-0.3, -0.25) is 0 Å². The van der Waals surface area contributed by atoms with Crippen LogP contribution in [0.4, 0.5) is 0 Å². The summed E-state index contributed by atoms with van der Waals surface area (Å²) >= 11 is 0. The van der Waals surface area contributed by atoms with Crippen LogP contribution in [0.15, 0.2) is 0 Å². The van der Waals surface area contributed by atoms with Gasteiger partial charge in [0.15, 0.2) is 0 Å². The number of unbranched alkanes of at least 4 members (excludes halogenated alkanes) is 1. The Morgan fingerprint density at radius 2 is 1.78 bits per heavy atom.